The predicted octanol–water partition coefficient (Wildman–Crippen LogP) is 4.91. The first kappa shape index (κ1) is 24.2. The second-order valence-corrected chi connectivity index (χ2v) is 9.78. The number of aromatic nitrogens is 3. The quantitative estimate of drug-likeness (QED) is 0.283. The van der Waals surface area contributed by atoms with Crippen molar-refractivity contribution >= 4 is 62.4 Å². The standard InChI is InChI=1S/C25H19Cl2N5O3S/c26-18-2-1-3-19(27)21(18)22-23(24(28)33)32-10-8-20-17(25(32)31-22)12-15(13-30-20)14-4-6-16(7-5-14)29-9-11-36(34)35/h1-8,10,12-13,29H,9,11H2,(H2,28,33)(H,34,35)/p-1. The zero-order valence-corrected chi connectivity index (χ0v) is 20.9. The highest BCUT2D eigenvalue weighted by atomic mass is 35.5. The molecular formula is C25H18Cl2N5O3S-. The van der Waals surface area contributed by atoms with Crippen molar-refractivity contribution < 1.29 is 13.6 Å². The number of carbonyl (C=O) groups is 1. The fraction of sp³-hybridized carbons (Fsp3) is 0.0800. The van der Waals surface area contributed by atoms with Gasteiger partial charge < -0.3 is 15.6 Å². The van der Waals surface area contributed by atoms with Gasteiger partial charge >= 0.3 is 0 Å². The number of pyridine rings is 2. The maximum Gasteiger partial charge on any atom is 0.268 e. The van der Waals surface area contributed by atoms with Gasteiger partial charge in [-0.25, -0.2) is 4.98 Å². The van der Waals surface area contributed by atoms with Crippen molar-refractivity contribution in [1.29, 1.82) is 0 Å². The molecule has 182 valence electrons. The van der Waals surface area contributed by atoms with Crippen LogP contribution in [0.15, 0.2) is 67.0 Å². The van der Waals surface area contributed by atoms with Gasteiger partial charge in [-0.15, -0.1) is 0 Å². The molecule has 36 heavy (non-hydrogen) atoms. The fourth-order valence-corrected chi connectivity index (χ4v) is 4.90. The highest BCUT2D eigenvalue weighted by molar-refractivity contribution is 7.79. The van der Waals surface area contributed by atoms with Crippen molar-refractivity contribution in [2.24, 2.45) is 5.73 Å². The Kier molecular flexibility index (Phi) is 6.63. The second kappa shape index (κ2) is 9.87. The largest absolute Gasteiger partial charge is 0.772 e. The first-order valence-electron chi connectivity index (χ1n) is 10.8. The Morgan fingerprint density at radius 2 is 1.81 bits per heavy atom. The van der Waals surface area contributed by atoms with Crippen LogP contribution in [0, 0.1) is 0 Å². The number of primary amides is 1. The van der Waals surface area contributed by atoms with E-state index in [1.807, 2.05) is 30.3 Å². The number of hydrogen-bond donors (Lipinski definition) is 2. The first-order valence-corrected chi connectivity index (χ1v) is 12.8. The number of benzene rings is 2. The van der Waals surface area contributed by atoms with Gasteiger partial charge in [-0.3, -0.25) is 18.4 Å². The lowest BCUT2D eigenvalue weighted by Gasteiger charge is -2.09. The molecular weight excluding hydrogens is 521 g/mol. The molecule has 1 amide bonds. The lowest BCUT2D eigenvalue weighted by atomic mass is 10.1. The van der Waals surface area contributed by atoms with E-state index in [4.69, 9.17) is 33.9 Å². The average Bonchev–Trinajstić information content (AvgIpc) is 3.24. The summed E-state index contributed by atoms with van der Waals surface area (Å²) in [7, 11) is 0. The third kappa shape index (κ3) is 4.54. The molecule has 0 fully saturated rings. The number of rotatable bonds is 7. The molecule has 0 radical (unpaired) electrons. The number of imidazole rings is 1. The summed E-state index contributed by atoms with van der Waals surface area (Å²) in [4.78, 5) is 21.8. The molecule has 0 aliphatic rings. The number of carbonyl (C=O) groups excluding carboxylic acids is 1. The lowest BCUT2D eigenvalue weighted by Crippen LogP contribution is -2.15. The van der Waals surface area contributed by atoms with Crippen LogP contribution in [0.3, 0.4) is 0 Å². The summed E-state index contributed by atoms with van der Waals surface area (Å²) in [6, 6.07) is 16.3. The van der Waals surface area contributed by atoms with Gasteiger partial charge in [0, 0.05) is 46.9 Å². The molecule has 0 saturated carbocycles. The van der Waals surface area contributed by atoms with E-state index in [0.717, 1.165) is 16.8 Å². The molecule has 0 aliphatic carbocycles. The van der Waals surface area contributed by atoms with Crippen molar-refractivity contribution in [3.05, 3.63) is 82.7 Å². The van der Waals surface area contributed by atoms with Gasteiger partial charge in [-0.2, -0.15) is 0 Å². The molecule has 3 heterocycles. The molecule has 1 unspecified atom stereocenters. The fourth-order valence-electron chi connectivity index (χ4n) is 4.05. The van der Waals surface area contributed by atoms with Crippen LogP contribution in [0.1, 0.15) is 10.5 Å². The normalized spacial score (nSPS) is 12.2. The average molecular weight is 539 g/mol. The number of hydrogen-bond acceptors (Lipinski definition) is 6. The molecule has 8 nitrogen and oxygen atoms in total. The summed E-state index contributed by atoms with van der Waals surface area (Å²) >= 11 is 10.7. The van der Waals surface area contributed by atoms with Crippen LogP contribution in [0.5, 0.6) is 0 Å². The molecule has 1 atom stereocenters. The van der Waals surface area contributed by atoms with Crippen LogP contribution in [-0.2, 0) is 11.1 Å². The maximum absolute atomic E-state index is 12.5. The topological polar surface area (TPSA) is 125 Å². The van der Waals surface area contributed by atoms with Crippen molar-refractivity contribution in [3.63, 3.8) is 0 Å². The van der Waals surface area contributed by atoms with Gasteiger partial charge in [0.25, 0.3) is 5.91 Å². The third-order valence-electron chi connectivity index (χ3n) is 5.70. The molecule has 0 aliphatic heterocycles. The van der Waals surface area contributed by atoms with Crippen LogP contribution in [0.2, 0.25) is 10.0 Å². The minimum Gasteiger partial charge on any atom is -0.772 e. The van der Waals surface area contributed by atoms with E-state index in [1.54, 1.807) is 41.1 Å². The molecule has 11 heteroatoms. The van der Waals surface area contributed by atoms with Gasteiger partial charge in [0.15, 0.2) is 0 Å². The minimum absolute atomic E-state index is 0.0331. The van der Waals surface area contributed by atoms with E-state index in [2.05, 4.69) is 10.3 Å². The van der Waals surface area contributed by atoms with Crippen molar-refractivity contribution in [2.75, 3.05) is 17.6 Å². The second-order valence-electron chi connectivity index (χ2n) is 7.95. The van der Waals surface area contributed by atoms with E-state index >= 15 is 0 Å². The summed E-state index contributed by atoms with van der Waals surface area (Å²) < 4.78 is 23.0. The first-order chi connectivity index (χ1) is 17.3. The molecule has 5 rings (SSSR count). The maximum atomic E-state index is 12.5. The number of nitrogens with two attached hydrogens (primary N) is 1. The SMILES string of the molecule is NC(=O)c1c(-c2c(Cl)cccc2Cl)nc2c3cc(-c4ccc(NCCS(=O)[O-])cc4)cnc3ccn12. The van der Waals surface area contributed by atoms with Gasteiger partial charge in [-0.1, -0.05) is 52.5 Å². The van der Waals surface area contributed by atoms with Gasteiger partial charge in [0.1, 0.15) is 17.0 Å². The van der Waals surface area contributed by atoms with E-state index < -0.39 is 17.0 Å². The van der Waals surface area contributed by atoms with Gasteiger partial charge in [0.2, 0.25) is 0 Å². The Hall–Kier alpha value is -3.50. The van der Waals surface area contributed by atoms with E-state index in [1.165, 1.54) is 0 Å². The van der Waals surface area contributed by atoms with Crippen LogP contribution in [-0.4, -0.2) is 41.3 Å². The number of nitrogens with one attached hydrogen (secondary N) is 1. The lowest BCUT2D eigenvalue weighted by molar-refractivity contribution is 0.0995. The van der Waals surface area contributed by atoms with Crippen LogP contribution in [0.4, 0.5) is 5.69 Å². The number of fused-ring (bicyclic) bond motifs is 3. The summed E-state index contributed by atoms with van der Waals surface area (Å²) in [5, 5.41) is 4.49. The van der Waals surface area contributed by atoms with E-state index in [-0.39, 0.29) is 11.4 Å². The van der Waals surface area contributed by atoms with Crippen molar-refractivity contribution in [3.8, 4) is 22.4 Å². The predicted molar refractivity (Wildman–Crippen MR) is 142 cm³/mol. The molecule has 0 saturated heterocycles. The third-order valence-corrected chi connectivity index (χ3v) is 6.87. The molecule has 5 aromatic rings. The van der Waals surface area contributed by atoms with Crippen LogP contribution in [0.25, 0.3) is 38.9 Å². The zero-order chi connectivity index (χ0) is 25.4. The Balaban J connectivity index is 1.62. The summed E-state index contributed by atoms with van der Waals surface area (Å²) in [6.07, 6.45) is 3.45. The monoisotopic (exact) mass is 538 g/mol. The zero-order valence-electron chi connectivity index (χ0n) is 18.6. The Bertz CT molecular complexity index is 1630. The van der Waals surface area contributed by atoms with Crippen molar-refractivity contribution in [2.45, 2.75) is 0 Å². The molecule has 3 N–H and O–H groups in total. The Morgan fingerprint density at radius 1 is 1.08 bits per heavy atom. The molecule has 2 aromatic carbocycles. The summed E-state index contributed by atoms with van der Waals surface area (Å²) in [6.45, 7) is 0.324. The molecule has 0 bridgehead atoms. The Labute approximate surface area is 218 Å². The summed E-state index contributed by atoms with van der Waals surface area (Å²) in [5.41, 5.74) is 10.4. The van der Waals surface area contributed by atoms with Crippen LogP contribution >= 0.6 is 23.2 Å². The number of nitrogens with zero attached hydrogens (tertiary/aromatic N) is 3. The highest BCUT2D eigenvalue weighted by Crippen LogP contribution is 2.37. The number of amides is 1. The van der Waals surface area contributed by atoms with E-state index in [9.17, 15) is 13.6 Å². The van der Waals surface area contributed by atoms with Crippen molar-refractivity contribution in [1.82, 2.24) is 14.4 Å². The summed E-state index contributed by atoms with van der Waals surface area (Å²) in [5.74, 6) is -0.633. The minimum atomic E-state index is -2.09. The molecule has 3 aromatic heterocycles. The number of halogens is 2. The highest BCUT2D eigenvalue weighted by Gasteiger charge is 2.23. The van der Waals surface area contributed by atoms with Crippen LogP contribution < -0.4 is 11.1 Å². The smallest absolute Gasteiger partial charge is 0.268 e. The Morgan fingerprint density at radius 3 is 2.47 bits per heavy atom. The number of anilines is 1. The molecule has 0 spiro atoms. The van der Waals surface area contributed by atoms with Gasteiger partial charge in [0.05, 0.1) is 15.6 Å². The van der Waals surface area contributed by atoms with E-state index in [0.29, 0.717) is 44.4 Å². The van der Waals surface area contributed by atoms with Gasteiger partial charge in [-0.05, 0) is 42.0 Å².